The fourth-order valence-electron chi connectivity index (χ4n) is 3.28. The van der Waals surface area contributed by atoms with Crippen LogP contribution in [0.15, 0.2) is 60.2 Å². The highest BCUT2D eigenvalue weighted by atomic mass is 35.5. The van der Waals surface area contributed by atoms with Crippen LogP contribution >= 0.6 is 11.6 Å². The molecule has 164 valence electrons. The molecule has 0 atom stereocenters. The third-order valence-corrected chi connectivity index (χ3v) is 6.42. The molecule has 0 heterocycles. The van der Waals surface area contributed by atoms with Gasteiger partial charge in [-0.15, -0.1) is 0 Å². The zero-order valence-electron chi connectivity index (χ0n) is 17.0. The summed E-state index contributed by atoms with van der Waals surface area (Å²) < 4.78 is 36.9. The number of hydrogen-bond acceptors (Lipinski definition) is 5. The van der Waals surface area contributed by atoms with Crippen LogP contribution in [0.3, 0.4) is 0 Å². The Morgan fingerprint density at radius 1 is 1.06 bits per heavy atom. The van der Waals surface area contributed by atoms with E-state index in [0.717, 1.165) is 18.4 Å². The van der Waals surface area contributed by atoms with Crippen molar-refractivity contribution in [3.63, 3.8) is 0 Å². The topological polar surface area (TPSA) is 89.9 Å². The minimum Gasteiger partial charge on any atom is -0.493 e. The molecule has 0 saturated heterocycles. The number of rotatable bonds is 9. The van der Waals surface area contributed by atoms with Crippen molar-refractivity contribution in [2.75, 3.05) is 12.9 Å². The molecule has 0 amide bonds. The zero-order valence-corrected chi connectivity index (χ0v) is 18.6. The van der Waals surface area contributed by atoms with Gasteiger partial charge < -0.3 is 14.6 Å². The van der Waals surface area contributed by atoms with Gasteiger partial charge in [-0.3, -0.25) is 4.79 Å². The molecular weight excluding hydrogens is 440 g/mol. The summed E-state index contributed by atoms with van der Waals surface area (Å²) in [5.74, 6) is -0.277. The van der Waals surface area contributed by atoms with Crippen LogP contribution in [0.5, 0.6) is 17.2 Å². The van der Waals surface area contributed by atoms with E-state index < -0.39 is 15.8 Å². The van der Waals surface area contributed by atoms with Crippen LogP contribution in [0.25, 0.3) is 0 Å². The quantitative estimate of drug-likeness (QED) is 0.566. The monoisotopic (exact) mass is 462 g/mol. The van der Waals surface area contributed by atoms with Gasteiger partial charge in [0.05, 0.1) is 25.0 Å². The summed E-state index contributed by atoms with van der Waals surface area (Å²) in [6.45, 7) is 0. The van der Waals surface area contributed by atoms with E-state index in [0.29, 0.717) is 33.4 Å². The van der Waals surface area contributed by atoms with Crippen LogP contribution in [0.1, 0.15) is 24.0 Å². The molecule has 8 heteroatoms. The maximum Gasteiger partial charge on any atom is 0.307 e. The summed E-state index contributed by atoms with van der Waals surface area (Å²) >= 11 is 6.12. The van der Waals surface area contributed by atoms with E-state index in [1.807, 2.05) is 18.2 Å². The van der Waals surface area contributed by atoms with Crippen molar-refractivity contribution in [2.24, 2.45) is 0 Å². The van der Waals surface area contributed by atoms with Gasteiger partial charge in [0, 0.05) is 10.6 Å². The fraction of sp³-hybridized carbons (Fsp3) is 0.261. The summed E-state index contributed by atoms with van der Waals surface area (Å²) in [7, 11) is -2.00. The van der Waals surface area contributed by atoms with Gasteiger partial charge in [-0.1, -0.05) is 35.9 Å². The van der Waals surface area contributed by atoms with Crippen LogP contribution in [0, 0.1) is 0 Å². The van der Waals surface area contributed by atoms with E-state index in [2.05, 4.69) is 0 Å². The molecule has 6 nitrogen and oxygen atoms in total. The maximum atomic E-state index is 12.8. The van der Waals surface area contributed by atoms with Crippen molar-refractivity contribution < 1.29 is 27.8 Å². The number of carbonyl (C=O) groups is 1. The van der Waals surface area contributed by atoms with Crippen LogP contribution in [-0.4, -0.2) is 32.4 Å². The average molecular weight is 463 g/mol. The summed E-state index contributed by atoms with van der Waals surface area (Å²) in [6, 6.07) is 9.58. The number of hydrogen-bond donors (Lipinski definition) is 1. The number of carboxylic acid groups (broad SMARTS) is 1. The van der Waals surface area contributed by atoms with Crippen molar-refractivity contribution in [1.82, 2.24) is 0 Å². The van der Waals surface area contributed by atoms with Crippen molar-refractivity contribution in [2.45, 2.75) is 25.0 Å². The summed E-state index contributed by atoms with van der Waals surface area (Å²) in [5, 5.41) is 9.44. The standard InChI is InChI=1S/C23H23ClO6S/c1-29-21-9-7-17(12-23(25)26)11-22(21)30-20-10-8-19(24)13-18(20)15-31(27,28)14-16-5-3-2-4-6-16/h3,5-11,13H,2,4,12,14-15H2,1H3,(H,25,26). The zero-order chi connectivity index (χ0) is 22.4. The molecule has 2 aromatic rings. The summed E-state index contributed by atoms with van der Waals surface area (Å²) in [4.78, 5) is 11.0. The first kappa shape index (κ1) is 22.9. The number of aliphatic carboxylic acids is 1. The number of carboxylic acids is 1. The Bertz CT molecular complexity index is 1130. The van der Waals surface area contributed by atoms with E-state index in [-0.39, 0.29) is 17.9 Å². The second-order valence-electron chi connectivity index (χ2n) is 7.20. The molecule has 1 aliphatic carbocycles. The lowest BCUT2D eigenvalue weighted by atomic mass is 10.1. The Labute approximate surface area is 186 Å². The highest BCUT2D eigenvalue weighted by Gasteiger charge is 2.19. The number of methoxy groups -OCH3 is 1. The lowest BCUT2D eigenvalue weighted by Crippen LogP contribution is -2.12. The van der Waals surface area contributed by atoms with Gasteiger partial charge in [0.1, 0.15) is 5.75 Å². The molecule has 0 unspecified atom stereocenters. The van der Waals surface area contributed by atoms with Crippen LogP contribution in [0.2, 0.25) is 5.02 Å². The minimum atomic E-state index is -3.47. The van der Waals surface area contributed by atoms with Gasteiger partial charge in [0.15, 0.2) is 21.3 Å². The van der Waals surface area contributed by atoms with Crippen molar-refractivity contribution in [1.29, 1.82) is 0 Å². The smallest absolute Gasteiger partial charge is 0.307 e. The lowest BCUT2D eigenvalue weighted by Gasteiger charge is -2.15. The molecule has 1 aliphatic rings. The second kappa shape index (κ2) is 10.0. The van der Waals surface area contributed by atoms with Gasteiger partial charge in [-0.05, 0) is 54.3 Å². The summed E-state index contributed by atoms with van der Waals surface area (Å²) in [5.41, 5.74) is 1.72. The lowest BCUT2D eigenvalue weighted by molar-refractivity contribution is -0.136. The van der Waals surface area contributed by atoms with E-state index in [1.165, 1.54) is 7.11 Å². The molecule has 0 spiro atoms. The van der Waals surface area contributed by atoms with Gasteiger partial charge in [0.2, 0.25) is 0 Å². The first-order chi connectivity index (χ1) is 14.8. The predicted molar refractivity (Wildman–Crippen MR) is 120 cm³/mol. The Hall–Kier alpha value is -2.77. The van der Waals surface area contributed by atoms with Gasteiger partial charge in [-0.25, -0.2) is 8.42 Å². The van der Waals surface area contributed by atoms with Crippen LogP contribution < -0.4 is 9.47 Å². The molecule has 31 heavy (non-hydrogen) atoms. The maximum absolute atomic E-state index is 12.8. The Balaban J connectivity index is 1.89. The third-order valence-electron chi connectivity index (χ3n) is 4.66. The molecule has 0 aliphatic heterocycles. The summed E-state index contributed by atoms with van der Waals surface area (Å²) in [6.07, 6.45) is 7.32. The second-order valence-corrected chi connectivity index (χ2v) is 9.70. The Morgan fingerprint density at radius 3 is 2.52 bits per heavy atom. The third kappa shape index (κ3) is 6.60. The minimum absolute atomic E-state index is 0.0626. The van der Waals surface area contributed by atoms with Crippen LogP contribution in [0.4, 0.5) is 0 Å². The highest BCUT2D eigenvalue weighted by molar-refractivity contribution is 7.90. The molecule has 0 saturated carbocycles. The van der Waals surface area contributed by atoms with E-state index in [1.54, 1.807) is 36.4 Å². The number of ether oxygens (including phenoxy) is 2. The molecular formula is C23H23ClO6S. The van der Waals surface area contributed by atoms with Gasteiger partial charge in [-0.2, -0.15) is 0 Å². The number of sulfone groups is 1. The first-order valence-corrected chi connectivity index (χ1v) is 11.9. The van der Waals surface area contributed by atoms with E-state index in [4.69, 9.17) is 26.2 Å². The van der Waals surface area contributed by atoms with Crippen molar-refractivity contribution in [3.8, 4) is 17.2 Å². The largest absolute Gasteiger partial charge is 0.493 e. The molecule has 2 aromatic carbocycles. The molecule has 0 fully saturated rings. The van der Waals surface area contributed by atoms with Gasteiger partial charge >= 0.3 is 5.97 Å². The Kier molecular flexibility index (Phi) is 7.41. The predicted octanol–water partition coefficient (Wildman–Crippen LogP) is 4.96. The van der Waals surface area contributed by atoms with Crippen molar-refractivity contribution >= 4 is 27.4 Å². The van der Waals surface area contributed by atoms with E-state index >= 15 is 0 Å². The molecule has 0 radical (unpaired) electrons. The van der Waals surface area contributed by atoms with Crippen molar-refractivity contribution in [3.05, 3.63) is 76.3 Å². The number of benzene rings is 2. The Morgan fingerprint density at radius 2 is 1.84 bits per heavy atom. The van der Waals surface area contributed by atoms with Crippen LogP contribution in [-0.2, 0) is 26.8 Å². The van der Waals surface area contributed by atoms with E-state index in [9.17, 15) is 13.2 Å². The fourth-order valence-corrected chi connectivity index (χ4v) is 5.00. The number of allylic oxidation sites excluding steroid dienone is 3. The molecule has 0 bridgehead atoms. The molecule has 0 aromatic heterocycles. The average Bonchev–Trinajstić information content (AvgIpc) is 2.70. The SMILES string of the molecule is COc1ccc(CC(=O)O)cc1Oc1ccc(Cl)cc1CS(=O)(=O)CC1=CCCC=C1. The highest BCUT2D eigenvalue weighted by Crippen LogP contribution is 2.36. The van der Waals surface area contributed by atoms with Gasteiger partial charge in [0.25, 0.3) is 0 Å². The molecule has 3 rings (SSSR count). The number of halogens is 1. The first-order valence-electron chi connectivity index (χ1n) is 9.67. The normalized spacial score (nSPS) is 13.5. The molecule has 1 N–H and O–H groups in total.